The molecular formula is C10H21NOS2. The minimum atomic E-state index is -0.468. The van der Waals surface area contributed by atoms with Crippen LogP contribution in [0.5, 0.6) is 0 Å². The SMILES string of the molecule is CC1CCCS1=O.CN1CCSCC1. The van der Waals surface area contributed by atoms with Gasteiger partial charge in [-0.3, -0.25) is 4.21 Å². The summed E-state index contributed by atoms with van der Waals surface area (Å²) in [6.07, 6.45) is 2.35. The van der Waals surface area contributed by atoms with E-state index in [1.165, 1.54) is 37.4 Å². The molecule has 0 saturated carbocycles. The molecule has 2 nitrogen and oxygen atoms in total. The second-order valence-corrected chi connectivity index (χ2v) is 7.15. The van der Waals surface area contributed by atoms with Crippen LogP contribution in [0.15, 0.2) is 0 Å². The van der Waals surface area contributed by atoms with Crippen LogP contribution in [0.25, 0.3) is 0 Å². The second kappa shape index (κ2) is 6.85. The molecule has 2 fully saturated rings. The van der Waals surface area contributed by atoms with E-state index in [9.17, 15) is 4.21 Å². The van der Waals surface area contributed by atoms with Gasteiger partial charge in [0.15, 0.2) is 0 Å². The van der Waals surface area contributed by atoms with E-state index in [0.29, 0.717) is 5.25 Å². The van der Waals surface area contributed by atoms with E-state index in [2.05, 4.69) is 30.6 Å². The van der Waals surface area contributed by atoms with Crippen molar-refractivity contribution >= 4 is 22.6 Å². The van der Waals surface area contributed by atoms with Crippen molar-refractivity contribution in [2.75, 3.05) is 37.4 Å². The van der Waals surface area contributed by atoms with E-state index in [0.717, 1.165) is 5.75 Å². The predicted molar refractivity (Wildman–Crippen MR) is 66.5 cm³/mol. The summed E-state index contributed by atoms with van der Waals surface area (Å²) in [5, 5.41) is 0.486. The first-order valence-corrected chi connectivity index (χ1v) is 7.87. The molecule has 2 saturated heterocycles. The second-order valence-electron chi connectivity index (χ2n) is 3.95. The summed E-state index contributed by atoms with van der Waals surface area (Å²) in [6, 6.07) is 0. The summed E-state index contributed by atoms with van der Waals surface area (Å²) >= 11 is 2.06. The Balaban J connectivity index is 0.000000140. The Bertz CT molecular complexity index is 181. The lowest BCUT2D eigenvalue weighted by Gasteiger charge is -2.20. The fraction of sp³-hybridized carbons (Fsp3) is 1.00. The summed E-state index contributed by atoms with van der Waals surface area (Å²) in [4.78, 5) is 2.37. The standard InChI is InChI=1S/C5H11NS.C5H10OS/c1-6-2-4-7-5-3-6;1-5-3-2-4-7(5)6/h2-5H2,1H3;5H,2-4H2,1H3. The molecule has 0 aromatic rings. The van der Waals surface area contributed by atoms with E-state index in [1.54, 1.807) is 0 Å². The van der Waals surface area contributed by atoms with Gasteiger partial charge in [-0.1, -0.05) is 6.92 Å². The van der Waals surface area contributed by atoms with Gasteiger partial charge < -0.3 is 4.90 Å². The molecule has 84 valence electrons. The Labute approximate surface area is 94.3 Å². The summed E-state index contributed by atoms with van der Waals surface area (Å²) in [6.45, 7) is 4.62. The van der Waals surface area contributed by atoms with Crippen molar-refractivity contribution < 1.29 is 4.21 Å². The zero-order valence-electron chi connectivity index (χ0n) is 9.20. The molecule has 0 aromatic carbocycles. The van der Waals surface area contributed by atoms with Crippen LogP contribution < -0.4 is 0 Å². The molecule has 2 rings (SSSR count). The number of hydrogen-bond donors (Lipinski definition) is 0. The van der Waals surface area contributed by atoms with Gasteiger partial charge in [-0.2, -0.15) is 11.8 Å². The fourth-order valence-corrected chi connectivity index (χ4v) is 3.87. The average molecular weight is 235 g/mol. The van der Waals surface area contributed by atoms with Gasteiger partial charge in [0.2, 0.25) is 0 Å². The molecule has 2 unspecified atom stereocenters. The molecule has 0 N–H and O–H groups in total. The van der Waals surface area contributed by atoms with Gasteiger partial charge >= 0.3 is 0 Å². The quantitative estimate of drug-likeness (QED) is 0.636. The number of rotatable bonds is 0. The third kappa shape index (κ3) is 4.80. The molecule has 2 atom stereocenters. The van der Waals surface area contributed by atoms with E-state index in [1.807, 2.05) is 0 Å². The van der Waals surface area contributed by atoms with Gasteiger partial charge in [0.1, 0.15) is 0 Å². The fourth-order valence-electron chi connectivity index (χ4n) is 1.50. The van der Waals surface area contributed by atoms with Crippen LogP contribution in [0.1, 0.15) is 19.8 Å². The molecule has 14 heavy (non-hydrogen) atoms. The van der Waals surface area contributed by atoms with Crippen LogP contribution in [-0.2, 0) is 10.8 Å². The summed E-state index contributed by atoms with van der Waals surface area (Å²) < 4.78 is 10.7. The lowest BCUT2D eigenvalue weighted by Crippen LogP contribution is -2.28. The third-order valence-corrected chi connectivity index (χ3v) is 5.41. The van der Waals surface area contributed by atoms with E-state index < -0.39 is 10.8 Å². The van der Waals surface area contributed by atoms with Crippen LogP contribution in [0, 0.1) is 0 Å². The molecule has 0 aromatic heterocycles. The van der Waals surface area contributed by atoms with Crippen LogP contribution in [0.2, 0.25) is 0 Å². The van der Waals surface area contributed by atoms with Crippen molar-refractivity contribution in [2.24, 2.45) is 0 Å². The number of nitrogens with zero attached hydrogens (tertiary/aromatic N) is 1. The van der Waals surface area contributed by atoms with Crippen molar-refractivity contribution in [3.05, 3.63) is 0 Å². The highest BCUT2D eigenvalue weighted by molar-refractivity contribution is 7.99. The van der Waals surface area contributed by atoms with Gasteiger partial charge in [0.05, 0.1) is 0 Å². The van der Waals surface area contributed by atoms with Crippen LogP contribution >= 0.6 is 11.8 Å². The Morgan fingerprint density at radius 3 is 2.21 bits per heavy atom. The zero-order chi connectivity index (χ0) is 10.4. The smallest absolute Gasteiger partial charge is 0.0320 e. The van der Waals surface area contributed by atoms with Crippen molar-refractivity contribution in [3.8, 4) is 0 Å². The molecule has 0 radical (unpaired) electrons. The molecule has 0 spiro atoms. The third-order valence-electron chi connectivity index (χ3n) is 2.64. The van der Waals surface area contributed by atoms with Crippen LogP contribution in [0.4, 0.5) is 0 Å². The first kappa shape index (κ1) is 12.5. The predicted octanol–water partition coefficient (Wildman–Crippen LogP) is 1.58. The highest BCUT2D eigenvalue weighted by Crippen LogP contribution is 2.14. The van der Waals surface area contributed by atoms with Gasteiger partial charge in [-0.15, -0.1) is 0 Å². The van der Waals surface area contributed by atoms with E-state index in [4.69, 9.17) is 0 Å². The first-order valence-electron chi connectivity index (χ1n) is 5.33. The van der Waals surface area contributed by atoms with Gasteiger partial charge in [-0.05, 0) is 19.9 Å². The van der Waals surface area contributed by atoms with Crippen molar-refractivity contribution in [3.63, 3.8) is 0 Å². The Hall–Kier alpha value is 0.460. The molecule has 2 heterocycles. The lowest BCUT2D eigenvalue weighted by molar-refractivity contribution is 0.372. The van der Waals surface area contributed by atoms with Crippen molar-refractivity contribution in [2.45, 2.75) is 25.0 Å². The largest absolute Gasteiger partial charge is 0.305 e. The highest BCUT2D eigenvalue weighted by Gasteiger charge is 2.16. The maximum atomic E-state index is 10.7. The Morgan fingerprint density at radius 1 is 1.36 bits per heavy atom. The van der Waals surface area contributed by atoms with Crippen molar-refractivity contribution in [1.29, 1.82) is 0 Å². The first-order chi connectivity index (χ1) is 6.70. The van der Waals surface area contributed by atoms with Gasteiger partial charge in [0, 0.05) is 46.4 Å². The molecule has 0 aliphatic carbocycles. The molecule has 0 bridgehead atoms. The highest BCUT2D eigenvalue weighted by atomic mass is 32.2. The maximum absolute atomic E-state index is 10.7. The van der Waals surface area contributed by atoms with Crippen LogP contribution in [0.3, 0.4) is 0 Å². The zero-order valence-corrected chi connectivity index (χ0v) is 10.8. The van der Waals surface area contributed by atoms with Gasteiger partial charge in [0.25, 0.3) is 0 Å². The maximum Gasteiger partial charge on any atom is 0.0320 e. The average Bonchev–Trinajstić information content (AvgIpc) is 2.53. The normalized spacial score (nSPS) is 33.6. The topological polar surface area (TPSA) is 20.3 Å². The van der Waals surface area contributed by atoms with Crippen molar-refractivity contribution in [1.82, 2.24) is 4.90 Å². The van der Waals surface area contributed by atoms with E-state index >= 15 is 0 Å². The summed E-state index contributed by atoms with van der Waals surface area (Å²) in [7, 11) is 1.71. The summed E-state index contributed by atoms with van der Waals surface area (Å²) in [5.74, 6) is 3.61. The van der Waals surface area contributed by atoms with E-state index in [-0.39, 0.29) is 0 Å². The van der Waals surface area contributed by atoms with Gasteiger partial charge in [-0.25, -0.2) is 0 Å². The number of hydrogen-bond acceptors (Lipinski definition) is 3. The monoisotopic (exact) mass is 235 g/mol. The van der Waals surface area contributed by atoms with Crippen LogP contribution in [-0.4, -0.2) is 51.8 Å². The molecular weight excluding hydrogens is 214 g/mol. The Kier molecular flexibility index (Phi) is 6.13. The summed E-state index contributed by atoms with van der Waals surface area (Å²) in [5.41, 5.74) is 0. The minimum absolute atomic E-state index is 0.468. The molecule has 2 aliphatic heterocycles. The lowest BCUT2D eigenvalue weighted by atomic mass is 10.3. The number of thioether (sulfide) groups is 1. The minimum Gasteiger partial charge on any atom is -0.305 e. The molecule has 4 heteroatoms. The molecule has 0 amide bonds. The molecule has 2 aliphatic rings. The Morgan fingerprint density at radius 2 is 2.00 bits per heavy atom.